The molecule has 0 amide bonds. The summed E-state index contributed by atoms with van der Waals surface area (Å²) in [5.41, 5.74) is 0. The van der Waals surface area contributed by atoms with Gasteiger partial charge in [0.1, 0.15) is 0 Å². The summed E-state index contributed by atoms with van der Waals surface area (Å²) in [5, 5.41) is 0. The third-order valence-corrected chi connectivity index (χ3v) is 22.4. The van der Waals surface area contributed by atoms with Crippen LogP contribution in [0.25, 0.3) is 0 Å². The third kappa shape index (κ3) is 8.25. The molecule has 1 saturated heterocycles. The van der Waals surface area contributed by atoms with E-state index in [1.165, 1.54) is 77.0 Å². The summed E-state index contributed by atoms with van der Waals surface area (Å²) < 4.78 is 12.0. The predicted molar refractivity (Wildman–Crippen MR) is 111 cm³/mol. The molecule has 2 heteroatoms. The van der Waals surface area contributed by atoms with E-state index in [1.54, 1.807) is 13.3 Å². The van der Waals surface area contributed by atoms with Crippen molar-refractivity contribution in [3.63, 3.8) is 0 Å². The van der Waals surface area contributed by atoms with Gasteiger partial charge in [0.05, 0.1) is 0 Å². The van der Waals surface area contributed by atoms with E-state index in [0.29, 0.717) is 6.10 Å². The average molecular weight is 443 g/mol. The number of epoxide rings is 1. The second-order valence-electron chi connectivity index (χ2n) is 8.05. The standard InChI is InChI=1S/C10H17O.3C4H9.Sn/c1-2-3-4-5-6-7-8-10-9-11-10;3*1-3-4-2;/h2,9-10H,1,3-8H2;3*1,3-4H2,2H3;/t10-;;;;/m1..../s1. The molecule has 1 aliphatic rings. The van der Waals surface area contributed by atoms with Crippen LogP contribution in [-0.2, 0) is 4.74 Å². The molecule has 0 N–H and O–H groups in total. The molecule has 1 aliphatic heterocycles. The Labute approximate surface area is 156 Å². The van der Waals surface area contributed by atoms with Gasteiger partial charge in [0.2, 0.25) is 0 Å². The summed E-state index contributed by atoms with van der Waals surface area (Å²) in [6, 6.07) is 0. The number of hydrogen-bond acceptors (Lipinski definition) is 1. The Balaban J connectivity index is 2.45. The molecule has 24 heavy (non-hydrogen) atoms. The molecule has 0 aromatic rings. The van der Waals surface area contributed by atoms with E-state index in [0.717, 1.165) is 4.12 Å². The molecule has 1 fully saturated rings. The molecule has 0 aromatic carbocycles. The van der Waals surface area contributed by atoms with Crippen LogP contribution >= 0.6 is 0 Å². The fraction of sp³-hybridized carbons (Fsp3) is 0.909. The quantitative estimate of drug-likeness (QED) is 0.0973. The summed E-state index contributed by atoms with van der Waals surface area (Å²) in [4.78, 5) is 0. The number of hydrogen-bond donors (Lipinski definition) is 0. The van der Waals surface area contributed by atoms with Crippen molar-refractivity contribution in [2.45, 2.75) is 121 Å². The molecule has 0 aromatic heterocycles. The van der Waals surface area contributed by atoms with E-state index in [9.17, 15) is 0 Å². The van der Waals surface area contributed by atoms with Crippen molar-refractivity contribution in [1.29, 1.82) is 0 Å². The number of allylic oxidation sites excluding steroid dienone is 1. The van der Waals surface area contributed by atoms with Gasteiger partial charge in [0.15, 0.2) is 0 Å². The molecule has 0 spiro atoms. The summed E-state index contributed by atoms with van der Waals surface area (Å²) in [7, 11) is 0. The monoisotopic (exact) mass is 444 g/mol. The van der Waals surface area contributed by atoms with Crippen LogP contribution in [0.15, 0.2) is 12.7 Å². The van der Waals surface area contributed by atoms with E-state index in [4.69, 9.17) is 4.74 Å². The Hall–Kier alpha value is 0.499. The molecular formula is C22H44OSn. The van der Waals surface area contributed by atoms with Crippen molar-refractivity contribution < 1.29 is 4.74 Å². The van der Waals surface area contributed by atoms with Crippen molar-refractivity contribution in [2.75, 3.05) is 0 Å². The summed E-state index contributed by atoms with van der Waals surface area (Å²) in [6.45, 7) is 10.9. The number of ether oxygens (including phenoxy) is 1. The minimum absolute atomic E-state index is 0.672. The van der Waals surface area contributed by atoms with Crippen molar-refractivity contribution in [3.8, 4) is 0 Å². The normalized spacial score (nSPS) is 20.3. The van der Waals surface area contributed by atoms with Crippen LogP contribution in [-0.4, -0.2) is 28.6 Å². The molecule has 1 rings (SSSR count). The van der Waals surface area contributed by atoms with Gasteiger partial charge in [0.25, 0.3) is 0 Å². The summed E-state index contributed by atoms with van der Waals surface area (Å²) in [5.74, 6) is 0. The van der Waals surface area contributed by atoms with E-state index in [-0.39, 0.29) is 0 Å². The molecule has 142 valence electrons. The third-order valence-electron chi connectivity index (χ3n) is 5.92. The zero-order valence-corrected chi connectivity index (χ0v) is 19.8. The maximum absolute atomic E-state index is 6.38. The topological polar surface area (TPSA) is 12.5 Å². The fourth-order valence-electron chi connectivity index (χ4n) is 4.28. The Morgan fingerprint density at radius 1 is 0.792 bits per heavy atom. The molecule has 0 saturated carbocycles. The molecule has 0 aliphatic carbocycles. The molecule has 1 nitrogen and oxygen atoms in total. The van der Waals surface area contributed by atoms with Gasteiger partial charge in [-0.25, -0.2) is 0 Å². The van der Waals surface area contributed by atoms with E-state index in [1.807, 2.05) is 0 Å². The van der Waals surface area contributed by atoms with Crippen LogP contribution in [0.2, 0.25) is 13.3 Å². The van der Waals surface area contributed by atoms with Crippen LogP contribution in [0.5, 0.6) is 0 Å². The molecule has 0 bridgehead atoms. The van der Waals surface area contributed by atoms with Gasteiger partial charge in [-0.15, -0.1) is 0 Å². The van der Waals surface area contributed by atoms with Gasteiger partial charge in [-0.2, -0.15) is 0 Å². The van der Waals surface area contributed by atoms with E-state index >= 15 is 0 Å². The van der Waals surface area contributed by atoms with Gasteiger partial charge < -0.3 is 0 Å². The minimum atomic E-state index is -2.07. The first-order valence-corrected chi connectivity index (χ1v) is 18.7. The Bertz CT molecular complexity index is 293. The van der Waals surface area contributed by atoms with Crippen LogP contribution in [0.3, 0.4) is 0 Å². The van der Waals surface area contributed by atoms with Crippen LogP contribution in [0.1, 0.15) is 97.8 Å². The maximum atomic E-state index is 6.38. The molecule has 0 radical (unpaired) electrons. The fourth-order valence-corrected chi connectivity index (χ4v) is 22.0. The number of unbranched alkanes of at least 4 members (excludes halogenated alkanes) is 7. The van der Waals surface area contributed by atoms with Gasteiger partial charge in [-0.1, -0.05) is 0 Å². The Morgan fingerprint density at radius 3 is 1.83 bits per heavy atom. The van der Waals surface area contributed by atoms with Gasteiger partial charge in [-0.3, -0.25) is 0 Å². The van der Waals surface area contributed by atoms with Gasteiger partial charge in [-0.05, 0) is 0 Å². The van der Waals surface area contributed by atoms with E-state index in [2.05, 4.69) is 33.4 Å². The number of rotatable bonds is 17. The second-order valence-corrected chi connectivity index (χ2v) is 21.7. The van der Waals surface area contributed by atoms with Gasteiger partial charge in [0, 0.05) is 0 Å². The van der Waals surface area contributed by atoms with Gasteiger partial charge >= 0.3 is 157 Å². The Morgan fingerprint density at radius 2 is 1.33 bits per heavy atom. The van der Waals surface area contributed by atoms with Crippen LogP contribution in [0.4, 0.5) is 0 Å². The van der Waals surface area contributed by atoms with Crippen LogP contribution < -0.4 is 0 Å². The summed E-state index contributed by atoms with van der Waals surface area (Å²) in [6.07, 6.45) is 19.3. The van der Waals surface area contributed by atoms with Crippen molar-refractivity contribution in [1.82, 2.24) is 0 Å². The predicted octanol–water partition coefficient (Wildman–Crippen LogP) is 7.67. The molecule has 2 atom stereocenters. The first-order valence-electron chi connectivity index (χ1n) is 11.0. The van der Waals surface area contributed by atoms with Crippen molar-refractivity contribution in [2.24, 2.45) is 0 Å². The van der Waals surface area contributed by atoms with Crippen molar-refractivity contribution >= 4 is 18.4 Å². The molecule has 1 heterocycles. The first-order chi connectivity index (χ1) is 11.7. The Kier molecular flexibility index (Phi) is 12.8. The van der Waals surface area contributed by atoms with Crippen molar-refractivity contribution in [3.05, 3.63) is 12.7 Å². The zero-order valence-electron chi connectivity index (χ0n) is 17.0. The average Bonchev–Trinajstić information content (AvgIpc) is 3.38. The summed E-state index contributed by atoms with van der Waals surface area (Å²) >= 11 is -2.07. The van der Waals surface area contributed by atoms with Crippen LogP contribution in [0, 0.1) is 0 Å². The second kappa shape index (κ2) is 13.7. The first kappa shape index (κ1) is 22.5. The SMILES string of the molecule is C=CCCCCCC[C@H]1O[C@@H]1[Sn]([CH2]CCC)([CH2]CCC)[CH2]CCC. The van der Waals surface area contributed by atoms with E-state index < -0.39 is 18.4 Å². The zero-order chi connectivity index (χ0) is 17.7. The molecular weight excluding hydrogens is 399 g/mol. The molecule has 0 unspecified atom stereocenters.